The van der Waals surface area contributed by atoms with Crippen molar-refractivity contribution in [1.82, 2.24) is 4.57 Å². The van der Waals surface area contributed by atoms with Crippen molar-refractivity contribution in [2.45, 2.75) is 0 Å². The molecule has 0 saturated heterocycles. The third-order valence-electron chi connectivity index (χ3n) is 12.6. The van der Waals surface area contributed by atoms with Crippen LogP contribution in [-0.4, -0.2) is 4.57 Å². The van der Waals surface area contributed by atoms with Crippen LogP contribution in [0.4, 0.5) is 17.1 Å². The van der Waals surface area contributed by atoms with Gasteiger partial charge in [0.15, 0.2) is 0 Å². The molecule has 0 aliphatic carbocycles. The predicted molar refractivity (Wildman–Crippen MR) is 258 cm³/mol. The van der Waals surface area contributed by atoms with Gasteiger partial charge in [0, 0.05) is 54.6 Å². The summed E-state index contributed by atoms with van der Waals surface area (Å²) in [4.78, 5) is 2.41. The first kappa shape index (κ1) is 34.5. The summed E-state index contributed by atoms with van der Waals surface area (Å²) in [6, 6.07) is 78.0. The molecule has 0 aliphatic rings. The Morgan fingerprint density at radius 2 is 0.935 bits per heavy atom. The van der Waals surface area contributed by atoms with Gasteiger partial charge >= 0.3 is 0 Å². The topological polar surface area (TPSA) is 34.5 Å². The fourth-order valence-electron chi connectivity index (χ4n) is 9.84. The zero-order chi connectivity index (χ0) is 40.7. The van der Waals surface area contributed by atoms with Gasteiger partial charge in [-0.05, 0) is 94.9 Å². The van der Waals surface area contributed by atoms with E-state index in [9.17, 15) is 0 Å². The molecular weight excluding hydrogens is 757 g/mol. The van der Waals surface area contributed by atoms with Gasteiger partial charge in [0.25, 0.3) is 0 Å². The van der Waals surface area contributed by atoms with Gasteiger partial charge in [-0.25, -0.2) is 0 Å². The minimum atomic E-state index is 0.855. The van der Waals surface area contributed by atoms with Crippen LogP contribution in [0.1, 0.15) is 0 Å². The van der Waals surface area contributed by atoms with Crippen LogP contribution in [0.3, 0.4) is 0 Å². The summed E-state index contributed by atoms with van der Waals surface area (Å²) in [5.74, 6) is 0. The van der Waals surface area contributed by atoms with E-state index in [1.807, 2.05) is 18.2 Å². The highest BCUT2D eigenvalue weighted by Gasteiger charge is 2.24. The number of hydrogen-bond acceptors (Lipinski definition) is 3. The van der Waals surface area contributed by atoms with E-state index < -0.39 is 0 Å². The highest BCUT2D eigenvalue weighted by Crippen LogP contribution is 2.49. The predicted octanol–water partition coefficient (Wildman–Crippen LogP) is 16.5. The maximum atomic E-state index is 6.91. The van der Waals surface area contributed by atoms with Crippen LogP contribution in [-0.2, 0) is 0 Å². The molecule has 4 nitrogen and oxygen atoms in total. The number of hydrogen-bond donors (Lipinski definition) is 0. The summed E-state index contributed by atoms with van der Waals surface area (Å²) in [6.07, 6.45) is 0. The largest absolute Gasteiger partial charge is 0.456 e. The van der Waals surface area contributed by atoms with E-state index in [1.165, 1.54) is 27.2 Å². The number of aromatic nitrogens is 1. The molecule has 13 aromatic rings. The van der Waals surface area contributed by atoms with Crippen LogP contribution < -0.4 is 4.90 Å². The third-order valence-corrected chi connectivity index (χ3v) is 12.6. The standard InChI is InChI=1S/C58H36N2O2/c1-2-15-42-37(13-1)14-11-23-49(42)60(41-31-27-38(28-32-41)43-20-12-26-55-57(43)48-19-6-10-25-54(48)61-55)52-36-35-47-46-18-5-9-24-53(46)62-58(47)56(52)39-29-33-40(34-30-39)59-50-21-7-3-16-44(50)45-17-4-8-22-51(45)59/h1-36H. The number of fused-ring (bicyclic) bond motifs is 10. The second kappa shape index (κ2) is 13.6. The van der Waals surface area contributed by atoms with Crippen LogP contribution in [0.25, 0.3) is 104 Å². The Hall–Kier alpha value is -8.34. The van der Waals surface area contributed by atoms with E-state index in [2.05, 4.69) is 210 Å². The normalized spacial score (nSPS) is 11.9. The molecule has 0 spiro atoms. The molecule has 0 N–H and O–H groups in total. The molecule has 0 saturated carbocycles. The van der Waals surface area contributed by atoms with Crippen LogP contribution >= 0.6 is 0 Å². The van der Waals surface area contributed by atoms with E-state index >= 15 is 0 Å². The summed E-state index contributed by atoms with van der Waals surface area (Å²) in [6.45, 7) is 0. The molecule has 0 amide bonds. The first-order valence-electron chi connectivity index (χ1n) is 21.1. The quantitative estimate of drug-likeness (QED) is 0.168. The summed E-state index contributed by atoms with van der Waals surface area (Å²) < 4.78 is 15.6. The second-order valence-electron chi connectivity index (χ2n) is 16.0. The molecule has 3 aromatic heterocycles. The Labute approximate surface area is 356 Å². The van der Waals surface area contributed by atoms with Gasteiger partial charge in [-0.2, -0.15) is 0 Å². The van der Waals surface area contributed by atoms with Crippen LogP contribution in [0.15, 0.2) is 227 Å². The first-order chi connectivity index (χ1) is 30.8. The summed E-state index contributed by atoms with van der Waals surface area (Å²) in [5.41, 5.74) is 14.5. The molecule has 0 fully saturated rings. The molecule has 4 heteroatoms. The second-order valence-corrected chi connectivity index (χ2v) is 16.0. The van der Waals surface area contributed by atoms with Crippen molar-refractivity contribution in [3.8, 4) is 27.9 Å². The van der Waals surface area contributed by atoms with Crippen LogP contribution in [0.5, 0.6) is 0 Å². The lowest BCUT2D eigenvalue weighted by Gasteiger charge is -2.29. The number of anilines is 3. The highest BCUT2D eigenvalue weighted by atomic mass is 16.3. The van der Waals surface area contributed by atoms with Crippen molar-refractivity contribution in [2.24, 2.45) is 0 Å². The minimum Gasteiger partial charge on any atom is -0.456 e. The van der Waals surface area contributed by atoms with Crippen LogP contribution in [0.2, 0.25) is 0 Å². The molecule has 62 heavy (non-hydrogen) atoms. The van der Waals surface area contributed by atoms with Gasteiger partial charge in [-0.15, -0.1) is 0 Å². The van der Waals surface area contributed by atoms with Gasteiger partial charge < -0.3 is 18.3 Å². The highest BCUT2D eigenvalue weighted by molar-refractivity contribution is 6.15. The molecule has 3 heterocycles. The molecule has 0 aliphatic heterocycles. The van der Waals surface area contributed by atoms with E-state index in [-0.39, 0.29) is 0 Å². The average Bonchev–Trinajstić information content (AvgIpc) is 4.02. The maximum absolute atomic E-state index is 6.91. The van der Waals surface area contributed by atoms with Crippen molar-refractivity contribution in [3.05, 3.63) is 218 Å². The minimum absolute atomic E-state index is 0.855. The van der Waals surface area contributed by atoms with E-state index in [1.54, 1.807) is 0 Å². The SMILES string of the molecule is c1ccc2c(N(c3ccc(-c4cccc5oc6ccccc6c45)cc3)c3ccc4c(oc5ccccc54)c3-c3ccc(-n4c5ccccc5c5ccccc54)cc3)cccc2c1. The third kappa shape index (κ3) is 5.20. The van der Waals surface area contributed by atoms with Crippen molar-refractivity contribution < 1.29 is 8.83 Å². The van der Waals surface area contributed by atoms with Gasteiger partial charge in [0.05, 0.1) is 22.4 Å². The lowest BCUT2D eigenvalue weighted by molar-refractivity contribution is 0.669. The number of furan rings is 2. The van der Waals surface area contributed by atoms with Gasteiger partial charge in [0.2, 0.25) is 0 Å². The molecule has 0 bridgehead atoms. The number of benzene rings is 10. The molecule has 0 radical (unpaired) electrons. The molecule has 290 valence electrons. The van der Waals surface area contributed by atoms with E-state index in [0.29, 0.717) is 0 Å². The molecular formula is C58H36N2O2. The Kier molecular flexibility index (Phi) is 7.57. The monoisotopic (exact) mass is 792 g/mol. The summed E-state index contributed by atoms with van der Waals surface area (Å²) in [5, 5.41) is 9.24. The first-order valence-corrected chi connectivity index (χ1v) is 21.1. The van der Waals surface area contributed by atoms with Crippen molar-refractivity contribution in [2.75, 3.05) is 4.90 Å². The van der Waals surface area contributed by atoms with Gasteiger partial charge in [0.1, 0.15) is 22.3 Å². The average molecular weight is 793 g/mol. The van der Waals surface area contributed by atoms with Gasteiger partial charge in [-0.1, -0.05) is 146 Å². The maximum Gasteiger partial charge on any atom is 0.145 e. The Morgan fingerprint density at radius 1 is 0.355 bits per heavy atom. The Morgan fingerprint density at radius 3 is 1.69 bits per heavy atom. The fourth-order valence-corrected chi connectivity index (χ4v) is 9.84. The zero-order valence-electron chi connectivity index (χ0n) is 33.5. The van der Waals surface area contributed by atoms with Gasteiger partial charge in [-0.3, -0.25) is 0 Å². The zero-order valence-corrected chi connectivity index (χ0v) is 33.5. The summed E-state index contributed by atoms with van der Waals surface area (Å²) >= 11 is 0. The number of nitrogens with zero attached hydrogens (tertiary/aromatic N) is 2. The number of para-hydroxylation sites is 4. The smallest absolute Gasteiger partial charge is 0.145 e. The lowest BCUT2D eigenvalue weighted by atomic mass is 9.96. The van der Waals surface area contributed by atoms with Crippen LogP contribution in [0, 0.1) is 0 Å². The lowest BCUT2D eigenvalue weighted by Crippen LogP contribution is -2.12. The van der Waals surface area contributed by atoms with Crippen molar-refractivity contribution in [1.29, 1.82) is 0 Å². The number of rotatable bonds is 6. The van der Waals surface area contributed by atoms with Crippen molar-refractivity contribution >= 4 is 93.5 Å². The molecule has 13 rings (SSSR count). The molecule has 0 atom stereocenters. The van der Waals surface area contributed by atoms with E-state index in [0.717, 1.165) is 94.3 Å². The Balaban J connectivity index is 1.04. The molecule has 0 unspecified atom stereocenters. The van der Waals surface area contributed by atoms with E-state index in [4.69, 9.17) is 8.83 Å². The summed E-state index contributed by atoms with van der Waals surface area (Å²) in [7, 11) is 0. The Bertz CT molecular complexity index is 3810. The van der Waals surface area contributed by atoms with Crippen molar-refractivity contribution in [3.63, 3.8) is 0 Å². The molecule has 10 aromatic carbocycles. The fraction of sp³-hybridized carbons (Fsp3) is 0.